The van der Waals surface area contributed by atoms with Crippen LogP contribution in [0.4, 0.5) is 0 Å². The SMILES string of the molecule is CCNC(=NCc1ccc(C)cc1OCC)NCCS(=O)(=O)NCC1CCC1. The smallest absolute Gasteiger partial charge is 0.213 e. The van der Waals surface area contributed by atoms with Crippen molar-refractivity contribution < 1.29 is 13.2 Å². The fraction of sp³-hybridized carbons (Fsp3) is 0.650. The molecule has 0 radical (unpaired) electrons. The van der Waals surface area contributed by atoms with Gasteiger partial charge in [-0.25, -0.2) is 18.1 Å². The molecule has 0 bridgehead atoms. The first-order valence-corrected chi connectivity index (χ1v) is 11.8. The van der Waals surface area contributed by atoms with Crippen molar-refractivity contribution in [2.45, 2.75) is 46.6 Å². The zero-order valence-corrected chi connectivity index (χ0v) is 18.1. The third-order valence-corrected chi connectivity index (χ3v) is 6.10. The molecule has 7 nitrogen and oxygen atoms in total. The van der Waals surface area contributed by atoms with E-state index in [1.165, 1.54) is 6.42 Å². The van der Waals surface area contributed by atoms with E-state index in [4.69, 9.17) is 4.74 Å². The Labute approximate surface area is 169 Å². The Morgan fingerprint density at radius 2 is 2.04 bits per heavy atom. The van der Waals surface area contributed by atoms with Crippen molar-refractivity contribution >= 4 is 16.0 Å². The summed E-state index contributed by atoms with van der Waals surface area (Å²) < 4.78 is 32.6. The number of guanidine groups is 1. The zero-order valence-electron chi connectivity index (χ0n) is 17.3. The Hall–Kier alpha value is -1.80. The van der Waals surface area contributed by atoms with E-state index in [-0.39, 0.29) is 5.75 Å². The maximum absolute atomic E-state index is 12.1. The van der Waals surface area contributed by atoms with Crippen molar-refractivity contribution in [3.8, 4) is 5.75 Å². The molecule has 0 aromatic heterocycles. The molecule has 28 heavy (non-hydrogen) atoms. The molecule has 3 N–H and O–H groups in total. The Bertz CT molecular complexity index is 746. The number of hydrogen-bond donors (Lipinski definition) is 3. The summed E-state index contributed by atoms with van der Waals surface area (Å²) in [5.74, 6) is 1.97. The average Bonchev–Trinajstić information content (AvgIpc) is 2.59. The second-order valence-electron chi connectivity index (χ2n) is 7.13. The second-order valence-corrected chi connectivity index (χ2v) is 9.06. The molecule has 2 rings (SSSR count). The number of sulfonamides is 1. The lowest BCUT2D eigenvalue weighted by molar-refractivity contribution is 0.316. The number of aliphatic imine (C=N–C) groups is 1. The van der Waals surface area contributed by atoms with Crippen LogP contribution in [0.1, 0.15) is 44.2 Å². The highest BCUT2D eigenvalue weighted by Crippen LogP contribution is 2.25. The number of benzene rings is 1. The predicted molar refractivity (Wildman–Crippen MR) is 114 cm³/mol. The van der Waals surface area contributed by atoms with Gasteiger partial charge in [0.05, 0.1) is 18.9 Å². The van der Waals surface area contributed by atoms with E-state index in [0.717, 1.165) is 29.7 Å². The molecule has 0 spiro atoms. The van der Waals surface area contributed by atoms with Gasteiger partial charge in [-0.05, 0) is 51.2 Å². The fourth-order valence-corrected chi connectivity index (χ4v) is 3.91. The van der Waals surface area contributed by atoms with Crippen LogP contribution in [0.3, 0.4) is 0 Å². The van der Waals surface area contributed by atoms with Gasteiger partial charge in [-0.15, -0.1) is 0 Å². The van der Waals surface area contributed by atoms with E-state index in [0.29, 0.717) is 44.7 Å². The van der Waals surface area contributed by atoms with Gasteiger partial charge in [-0.3, -0.25) is 0 Å². The summed E-state index contributed by atoms with van der Waals surface area (Å²) in [5.41, 5.74) is 2.14. The van der Waals surface area contributed by atoms with Crippen molar-refractivity contribution in [3.05, 3.63) is 29.3 Å². The zero-order chi connectivity index (χ0) is 20.4. The average molecular weight is 411 g/mol. The van der Waals surface area contributed by atoms with Gasteiger partial charge in [0, 0.05) is 25.2 Å². The number of hydrogen-bond acceptors (Lipinski definition) is 4. The molecule has 0 unspecified atom stereocenters. The van der Waals surface area contributed by atoms with Gasteiger partial charge < -0.3 is 15.4 Å². The first-order valence-electron chi connectivity index (χ1n) is 10.1. The van der Waals surface area contributed by atoms with Gasteiger partial charge in [-0.1, -0.05) is 18.6 Å². The molecule has 0 heterocycles. The fourth-order valence-electron chi connectivity index (χ4n) is 2.91. The van der Waals surface area contributed by atoms with E-state index >= 15 is 0 Å². The van der Waals surface area contributed by atoms with E-state index in [2.05, 4.69) is 20.3 Å². The highest BCUT2D eigenvalue weighted by atomic mass is 32.2. The summed E-state index contributed by atoms with van der Waals surface area (Å²) in [4.78, 5) is 4.57. The van der Waals surface area contributed by atoms with Gasteiger partial charge in [-0.2, -0.15) is 0 Å². The van der Waals surface area contributed by atoms with Gasteiger partial charge in [0.2, 0.25) is 10.0 Å². The lowest BCUT2D eigenvalue weighted by atomic mass is 9.86. The second kappa shape index (κ2) is 11.3. The lowest BCUT2D eigenvalue weighted by Gasteiger charge is -2.25. The number of rotatable bonds is 11. The highest BCUT2D eigenvalue weighted by Gasteiger charge is 2.20. The molecule has 0 saturated heterocycles. The van der Waals surface area contributed by atoms with Crippen LogP contribution >= 0.6 is 0 Å². The van der Waals surface area contributed by atoms with Crippen LogP contribution in [0.2, 0.25) is 0 Å². The normalized spacial score (nSPS) is 15.2. The summed E-state index contributed by atoms with van der Waals surface area (Å²) in [5, 5.41) is 6.26. The first-order chi connectivity index (χ1) is 13.4. The van der Waals surface area contributed by atoms with Crippen LogP contribution in [-0.2, 0) is 16.6 Å². The summed E-state index contributed by atoms with van der Waals surface area (Å²) >= 11 is 0. The molecule has 0 aliphatic heterocycles. The van der Waals surface area contributed by atoms with Gasteiger partial charge in [0.15, 0.2) is 5.96 Å². The van der Waals surface area contributed by atoms with E-state index < -0.39 is 10.0 Å². The summed E-state index contributed by atoms with van der Waals surface area (Å²) in [6.45, 7) is 8.58. The van der Waals surface area contributed by atoms with Crippen molar-refractivity contribution in [2.24, 2.45) is 10.9 Å². The molecule has 1 aromatic carbocycles. The van der Waals surface area contributed by atoms with Gasteiger partial charge in [0.1, 0.15) is 5.75 Å². The maximum atomic E-state index is 12.1. The summed E-state index contributed by atoms with van der Waals surface area (Å²) in [6.07, 6.45) is 3.46. The molecule has 1 saturated carbocycles. The Morgan fingerprint density at radius 3 is 2.68 bits per heavy atom. The van der Waals surface area contributed by atoms with Crippen molar-refractivity contribution in [2.75, 3.05) is 32.0 Å². The van der Waals surface area contributed by atoms with E-state index in [1.807, 2.05) is 39.0 Å². The third kappa shape index (κ3) is 7.67. The molecule has 1 aliphatic carbocycles. The topological polar surface area (TPSA) is 91.8 Å². The molecule has 0 amide bonds. The Morgan fingerprint density at radius 1 is 1.25 bits per heavy atom. The first kappa shape index (κ1) is 22.5. The van der Waals surface area contributed by atoms with Crippen LogP contribution in [-0.4, -0.2) is 46.4 Å². The van der Waals surface area contributed by atoms with Crippen molar-refractivity contribution in [1.82, 2.24) is 15.4 Å². The quantitative estimate of drug-likeness (QED) is 0.384. The van der Waals surface area contributed by atoms with Gasteiger partial charge in [0.25, 0.3) is 0 Å². The minimum atomic E-state index is -3.26. The molecular weight excluding hydrogens is 376 g/mol. The van der Waals surface area contributed by atoms with Gasteiger partial charge >= 0.3 is 0 Å². The molecular formula is C20H34N4O3S. The largest absolute Gasteiger partial charge is 0.494 e. The number of aryl methyl sites for hydroxylation is 1. The van der Waals surface area contributed by atoms with Crippen LogP contribution < -0.4 is 20.1 Å². The minimum Gasteiger partial charge on any atom is -0.494 e. The van der Waals surface area contributed by atoms with Crippen LogP contribution in [0, 0.1) is 12.8 Å². The molecule has 158 valence electrons. The Balaban J connectivity index is 1.88. The summed E-state index contributed by atoms with van der Waals surface area (Å²) in [7, 11) is -3.26. The minimum absolute atomic E-state index is 0.0266. The summed E-state index contributed by atoms with van der Waals surface area (Å²) in [6, 6.07) is 6.06. The van der Waals surface area contributed by atoms with Crippen LogP contribution in [0.25, 0.3) is 0 Å². The van der Waals surface area contributed by atoms with Crippen molar-refractivity contribution in [1.29, 1.82) is 0 Å². The van der Waals surface area contributed by atoms with Crippen LogP contribution in [0.5, 0.6) is 5.75 Å². The monoisotopic (exact) mass is 410 g/mol. The number of nitrogens with one attached hydrogen (secondary N) is 3. The molecule has 1 fully saturated rings. The van der Waals surface area contributed by atoms with Crippen molar-refractivity contribution in [3.63, 3.8) is 0 Å². The standard InChI is InChI=1S/C20H34N4O3S/c1-4-21-20(22-11-12-28(25,26)24-14-17-7-6-8-17)23-15-18-10-9-16(3)13-19(18)27-5-2/h9-10,13,17,24H,4-8,11-12,14-15H2,1-3H3,(H2,21,22,23). The molecule has 1 aromatic rings. The Kier molecular flexibility index (Phi) is 9.05. The molecule has 0 atom stereocenters. The highest BCUT2D eigenvalue weighted by molar-refractivity contribution is 7.89. The third-order valence-electron chi connectivity index (χ3n) is 4.75. The lowest BCUT2D eigenvalue weighted by Crippen LogP contribution is -2.42. The van der Waals surface area contributed by atoms with E-state index in [9.17, 15) is 8.42 Å². The maximum Gasteiger partial charge on any atom is 0.213 e. The molecule has 8 heteroatoms. The predicted octanol–water partition coefficient (Wildman–Crippen LogP) is 2.17. The van der Waals surface area contributed by atoms with E-state index in [1.54, 1.807) is 0 Å². The number of nitrogens with zero attached hydrogens (tertiary/aromatic N) is 1. The molecule has 1 aliphatic rings. The van der Waals surface area contributed by atoms with Crippen LogP contribution in [0.15, 0.2) is 23.2 Å². The number of ether oxygens (including phenoxy) is 1.